The molecule has 9 heteroatoms. The molecule has 3 aromatic carbocycles. The average molecular weight is 452 g/mol. The molecule has 3 rings (SSSR count). The van der Waals surface area contributed by atoms with Gasteiger partial charge in [-0.2, -0.15) is 5.10 Å². The molecule has 0 aliphatic carbocycles. The Hall–Kier alpha value is -4.17. The molecule has 0 heterocycles. The number of carbonyl (C=O) groups excluding carboxylic acids is 3. The highest BCUT2D eigenvalue weighted by molar-refractivity contribution is 6.39. The molecule has 0 atom stereocenters. The fraction of sp³-hybridized carbons (Fsp3) is 0.0435. The quantitative estimate of drug-likeness (QED) is 0.195. The molecule has 0 unspecified atom stereocenters. The van der Waals surface area contributed by atoms with E-state index in [9.17, 15) is 14.4 Å². The van der Waals surface area contributed by atoms with Crippen LogP contribution in [0.1, 0.15) is 15.9 Å². The summed E-state index contributed by atoms with van der Waals surface area (Å²) in [6.45, 7) is 0. The van der Waals surface area contributed by atoms with Crippen molar-refractivity contribution in [2.75, 3.05) is 12.4 Å². The zero-order valence-corrected chi connectivity index (χ0v) is 17.6. The van der Waals surface area contributed by atoms with Gasteiger partial charge in [-0.25, -0.2) is 10.2 Å². The molecule has 0 fully saturated rings. The molecule has 2 N–H and O–H groups in total. The van der Waals surface area contributed by atoms with Gasteiger partial charge in [0.05, 0.1) is 18.9 Å². The molecular weight excluding hydrogens is 434 g/mol. The van der Waals surface area contributed by atoms with E-state index in [0.29, 0.717) is 21.8 Å². The Kier molecular flexibility index (Phi) is 7.55. The second kappa shape index (κ2) is 10.7. The van der Waals surface area contributed by atoms with Gasteiger partial charge in [0.1, 0.15) is 0 Å². The van der Waals surface area contributed by atoms with Crippen molar-refractivity contribution < 1.29 is 23.9 Å². The summed E-state index contributed by atoms with van der Waals surface area (Å²) in [5.74, 6) is -1.86. The molecule has 0 spiro atoms. The van der Waals surface area contributed by atoms with E-state index in [-0.39, 0.29) is 11.5 Å². The van der Waals surface area contributed by atoms with Gasteiger partial charge in [0, 0.05) is 10.7 Å². The lowest BCUT2D eigenvalue weighted by Crippen LogP contribution is -2.32. The van der Waals surface area contributed by atoms with Crippen LogP contribution in [0.25, 0.3) is 0 Å². The van der Waals surface area contributed by atoms with E-state index in [0.717, 1.165) is 0 Å². The highest BCUT2D eigenvalue weighted by Gasteiger charge is 2.14. The molecule has 0 saturated carbocycles. The third-order valence-electron chi connectivity index (χ3n) is 4.09. The normalized spacial score (nSPS) is 10.4. The van der Waals surface area contributed by atoms with Crippen LogP contribution >= 0.6 is 11.6 Å². The Morgan fingerprint density at radius 1 is 0.906 bits per heavy atom. The summed E-state index contributed by atoms with van der Waals surface area (Å²) in [5.41, 5.74) is 3.50. The third-order valence-corrected chi connectivity index (χ3v) is 4.34. The number of hydrogen-bond donors (Lipinski definition) is 2. The first kappa shape index (κ1) is 22.5. The number of anilines is 1. The smallest absolute Gasteiger partial charge is 0.343 e. The van der Waals surface area contributed by atoms with Gasteiger partial charge in [0.15, 0.2) is 11.5 Å². The molecule has 32 heavy (non-hydrogen) atoms. The number of para-hydroxylation sites is 1. The molecule has 3 aromatic rings. The first-order valence-corrected chi connectivity index (χ1v) is 9.69. The summed E-state index contributed by atoms with van der Waals surface area (Å²) in [4.78, 5) is 36.0. The number of nitrogens with one attached hydrogen (secondary N) is 2. The lowest BCUT2D eigenvalue weighted by Gasteiger charge is -2.10. The van der Waals surface area contributed by atoms with E-state index in [1.54, 1.807) is 66.7 Å². The SMILES string of the molecule is COc1cc(/C=N/NC(=O)C(=O)Nc2ccccc2)ccc1OC(=O)c1ccc(Cl)cc1. The maximum atomic E-state index is 12.3. The summed E-state index contributed by atoms with van der Waals surface area (Å²) in [7, 11) is 1.42. The predicted molar refractivity (Wildman–Crippen MR) is 120 cm³/mol. The van der Waals surface area contributed by atoms with Crippen molar-refractivity contribution in [3.63, 3.8) is 0 Å². The number of methoxy groups -OCH3 is 1. The molecule has 0 aromatic heterocycles. The van der Waals surface area contributed by atoms with Gasteiger partial charge >= 0.3 is 17.8 Å². The summed E-state index contributed by atoms with van der Waals surface area (Å²) in [5, 5.41) is 6.72. The molecule has 162 valence electrons. The lowest BCUT2D eigenvalue weighted by molar-refractivity contribution is -0.136. The van der Waals surface area contributed by atoms with E-state index in [4.69, 9.17) is 21.1 Å². The topological polar surface area (TPSA) is 106 Å². The van der Waals surface area contributed by atoms with Crippen molar-refractivity contribution in [3.8, 4) is 11.5 Å². The van der Waals surface area contributed by atoms with Gasteiger partial charge in [-0.3, -0.25) is 9.59 Å². The first-order valence-electron chi connectivity index (χ1n) is 9.31. The molecule has 0 radical (unpaired) electrons. The van der Waals surface area contributed by atoms with Crippen molar-refractivity contribution in [1.82, 2.24) is 5.43 Å². The number of amides is 2. The maximum Gasteiger partial charge on any atom is 0.343 e. The fourth-order valence-corrected chi connectivity index (χ4v) is 2.65. The van der Waals surface area contributed by atoms with Gasteiger partial charge in [-0.15, -0.1) is 0 Å². The first-order chi connectivity index (χ1) is 15.5. The van der Waals surface area contributed by atoms with E-state index in [1.165, 1.54) is 19.4 Å². The molecule has 0 saturated heterocycles. The number of esters is 1. The third kappa shape index (κ3) is 6.16. The van der Waals surface area contributed by atoms with Gasteiger partial charge in [-0.05, 0) is 60.2 Å². The maximum absolute atomic E-state index is 12.3. The Bertz CT molecular complexity index is 1150. The van der Waals surface area contributed by atoms with Crippen LogP contribution in [0.5, 0.6) is 11.5 Å². The van der Waals surface area contributed by atoms with Crippen LogP contribution in [0.2, 0.25) is 5.02 Å². The highest BCUT2D eigenvalue weighted by atomic mass is 35.5. The lowest BCUT2D eigenvalue weighted by atomic mass is 10.2. The summed E-state index contributed by atoms with van der Waals surface area (Å²) in [6, 6.07) is 19.5. The standard InChI is InChI=1S/C23H18ClN3O5/c1-31-20-13-15(7-12-19(20)32-23(30)16-8-10-17(24)11-9-16)14-25-27-22(29)21(28)26-18-5-3-2-4-6-18/h2-14H,1H3,(H,26,28)(H,27,29)/b25-14+. The van der Waals surface area contributed by atoms with Crippen molar-refractivity contribution in [1.29, 1.82) is 0 Å². The number of rotatable bonds is 6. The number of carbonyl (C=O) groups is 3. The zero-order chi connectivity index (χ0) is 22.9. The van der Waals surface area contributed by atoms with Gasteiger partial charge in [0.25, 0.3) is 0 Å². The van der Waals surface area contributed by atoms with E-state index >= 15 is 0 Å². The van der Waals surface area contributed by atoms with Gasteiger partial charge < -0.3 is 14.8 Å². The van der Waals surface area contributed by atoms with Crippen molar-refractivity contribution in [2.45, 2.75) is 0 Å². The number of hydrazone groups is 1. The number of benzene rings is 3. The average Bonchev–Trinajstić information content (AvgIpc) is 2.80. The van der Waals surface area contributed by atoms with E-state index < -0.39 is 17.8 Å². The summed E-state index contributed by atoms with van der Waals surface area (Å²) in [6.07, 6.45) is 1.32. The Labute approximate surface area is 188 Å². The molecule has 2 amide bonds. The Morgan fingerprint density at radius 2 is 1.62 bits per heavy atom. The van der Waals surface area contributed by atoms with E-state index in [1.807, 2.05) is 0 Å². The van der Waals surface area contributed by atoms with Crippen molar-refractivity contribution >= 4 is 41.3 Å². The Balaban J connectivity index is 1.60. The van der Waals surface area contributed by atoms with Crippen molar-refractivity contribution in [2.24, 2.45) is 5.10 Å². The molecular formula is C23H18ClN3O5. The minimum absolute atomic E-state index is 0.205. The molecule has 0 aliphatic rings. The Morgan fingerprint density at radius 3 is 2.31 bits per heavy atom. The van der Waals surface area contributed by atoms with Crippen LogP contribution < -0.4 is 20.2 Å². The molecule has 8 nitrogen and oxygen atoms in total. The molecule has 0 aliphatic heterocycles. The minimum Gasteiger partial charge on any atom is -0.493 e. The number of nitrogens with zero attached hydrogens (tertiary/aromatic N) is 1. The van der Waals surface area contributed by atoms with Crippen LogP contribution in [-0.4, -0.2) is 31.1 Å². The number of hydrogen-bond acceptors (Lipinski definition) is 6. The number of ether oxygens (including phenoxy) is 2. The second-order valence-corrected chi connectivity index (χ2v) is 6.76. The van der Waals surface area contributed by atoms with E-state index in [2.05, 4.69) is 15.8 Å². The monoisotopic (exact) mass is 451 g/mol. The van der Waals surface area contributed by atoms with Crippen LogP contribution in [0.4, 0.5) is 5.69 Å². The zero-order valence-electron chi connectivity index (χ0n) is 16.9. The number of halogens is 1. The summed E-state index contributed by atoms with van der Waals surface area (Å²) < 4.78 is 10.6. The predicted octanol–water partition coefficient (Wildman–Crippen LogP) is 3.66. The van der Waals surface area contributed by atoms with Gasteiger partial charge in [0.2, 0.25) is 0 Å². The van der Waals surface area contributed by atoms with Crippen LogP contribution in [0.3, 0.4) is 0 Å². The van der Waals surface area contributed by atoms with Gasteiger partial charge in [-0.1, -0.05) is 29.8 Å². The fourth-order valence-electron chi connectivity index (χ4n) is 2.52. The van der Waals surface area contributed by atoms with Crippen LogP contribution in [0, 0.1) is 0 Å². The second-order valence-electron chi connectivity index (χ2n) is 6.33. The molecule has 0 bridgehead atoms. The highest BCUT2D eigenvalue weighted by Crippen LogP contribution is 2.28. The summed E-state index contributed by atoms with van der Waals surface area (Å²) >= 11 is 5.82. The van der Waals surface area contributed by atoms with Crippen molar-refractivity contribution in [3.05, 3.63) is 88.9 Å². The van der Waals surface area contributed by atoms with Crippen LogP contribution in [-0.2, 0) is 9.59 Å². The largest absolute Gasteiger partial charge is 0.493 e. The van der Waals surface area contributed by atoms with Crippen LogP contribution in [0.15, 0.2) is 77.9 Å². The minimum atomic E-state index is -0.925.